The van der Waals surface area contributed by atoms with Crippen LogP contribution in [0.15, 0.2) is 36.5 Å². The molecule has 0 radical (unpaired) electrons. The minimum absolute atomic E-state index is 0.0670. The average molecular weight is 1120 g/mol. The minimum Gasteiger partial charge on any atom is -0.462 e. The van der Waals surface area contributed by atoms with Gasteiger partial charge in [-0.1, -0.05) is 359 Å². The third-order valence-corrected chi connectivity index (χ3v) is 16.4. The SMILES string of the molecule is CCCCCCC/C=C\C/C=C\C/C=C\CCCCCCCCCCCCC(=O)OCC(COC(=O)CCCCCCCCCCCCCCC)OC(=O)CCCCCCCCCCCCCCCCCCCCCCCCCC. The zero-order valence-corrected chi connectivity index (χ0v) is 54.1. The number of ether oxygens (including phenoxy) is 3. The van der Waals surface area contributed by atoms with E-state index in [2.05, 4.69) is 57.2 Å². The van der Waals surface area contributed by atoms with Crippen molar-refractivity contribution in [3.05, 3.63) is 36.5 Å². The van der Waals surface area contributed by atoms with Gasteiger partial charge in [-0.2, -0.15) is 0 Å². The lowest BCUT2D eigenvalue weighted by Crippen LogP contribution is -2.30. The van der Waals surface area contributed by atoms with Crippen LogP contribution in [0.5, 0.6) is 0 Å². The van der Waals surface area contributed by atoms with Gasteiger partial charge in [0, 0.05) is 19.3 Å². The summed E-state index contributed by atoms with van der Waals surface area (Å²) in [5.41, 5.74) is 0. The van der Waals surface area contributed by atoms with Gasteiger partial charge in [0.15, 0.2) is 6.10 Å². The predicted octanol–water partition coefficient (Wildman–Crippen LogP) is 24.7. The van der Waals surface area contributed by atoms with Crippen LogP contribution in [0.2, 0.25) is 0 Å². The molecule has 1 atom stereocenters. The number of esters is 3. The minimum atomic E-state index is -0.771. The van der Waals surface area contributed by atoms with Gasteiger partial charge >= 0.3 is 17.9 Å². The Morgan fingerprint density at radius 3 is 0.700 bits per heavy atom. The van der Waals surface area contributed by atoms with Crippen LogP contribution in [0.3, 0.4) is 0 Å². The third-order valence-electron chi connectivity index (χ3n) is 16.4. The molecule has 0 rings (SSSR count). The summed E-state index contributed by atoms with van der Waals surface area (Å²) in [6.07, 6.45) is 86.0. The largest absolute Gasteiger partial charge is 0.462 e. The fourth-order valence-electron chi connectivity index (χ4n) is 11.0. The number of allylic oxidation sites excluding steroid dienone is 6. The molecule has 0 aromatic carbocycles. The maximum Gasteiger partial charge on any atom is 0.306 e. The first-order valence-electron chi connectivity index (χ1n) is 36.0. The molecule has 0 fully saturated rings. The van der Waals surface area contributed by atoms with Crippen molar-refractivity contribution < 1.29 is 28.6 Å². The lowest BCUT2D eigenvalue weighted by Gasteiger charge is -2.18. The number of rotatable bonds is 67. The van der Waals surface area contributed by atoms with Crippen molar-refractivity contribution in [2.24, 2.45) is 0 Å². The molecule has 0 heterocycles. The fourth-order valence-corrected chi connectivity index (χ4v) is 11.0. The number of hydrogen-bond acceptors (Lipinski definition) is 6. The molecule has 470 valence electrons. The highest BCUT2D eigenvalue weighted by Gasteiger charge is 2.19. The van der Waals surface area contributed by atoms with Crippen molar-refractivity contribution in [2.75, 3.05) is 13.2 Å². The second-order valence-corrected chi connectivity index (χ2v) is 24.5. The van der Waals surface area contributed by atoms with Crippen molar-refractivity contribution in [1.82, 2.24) is 0 Å². The molecule has 0 aliphatic rings. The van der Waals surface area contributed by atoms with Gasteiger partial charge < -0.3 is 14.2 Å². The van der Waals surface area contributed by atoms with Crippen molar-refractivity contribution in [3.8, 4) is 0 Å². The zero-order chi connectivity index (χ0) is 57.8. The summed E-state index contributed by atoms with van der Waals surface area (Å²) in [7, 11) is 0. The molecule has 1 unspecified atom stereocenters. The van der Waals surface area contributed by atoms with Gasteiger partial charge in [0.05, 0.1) is 0 Å². The first-order chi connectivity index (χ1) is 39.5. The number of unbranched alkanes of at least 4 members (excludes halogenated alkanes) is 50. The molecule has 0 saturated carbocycles. The zero-order valence-electron chi connectivity index (χ0n) is 54.1. The molecule has 0 N–H and O–H groups in total. The van der Waals surface area contributed by atoms with Crippen molar-refractivity contribution in [2.45, 2.75) is 406 Å². The molecule has 0 bridgehead atoms. The number of carbonyl (C=O) groups excluding carboxylic acids is 3. The number of carbonyl (C=O) groups is 3. The van der Waals surface area contributed by atoms with Gasteiger partial charge in [-0.25, -0.2) is 0 Å². The molecule has 0 saturated heterocycles. The van der Waals surface area contributed by atoms with E-state index >= 15 is 0 Å². The summed E-state index contributed by atoms with van der Waals surface area (Å²) in [4.78, 5) is 38.4. The lowest BCUT2D eigenvalue weighted by atomic mass is 10.0. The van der Waals surface area contributed by atoms with E-state index in [4.69, 9.17) is 14.2 Å². The van der Waals surface area contributed by atoms with E-state index in [9.17, 15) is 14.4 Å². The quantitative estimate of drug-likeness (QED) is 0.0261. The van der Waals surface area contributed by atoms with Crippen LogP contribution in [-0.2, 0) is 28.6 Å². The monoisotopic (exact) mass is 1120 g/mol. The fraction of sp³-hybridized carbons (Fsp3) is 0.878. The van der Waals surface area contributed by atoms with Crippen LogP contribution in [0, 0.1) is 0 Å². The molecule has 0 amide bonds. The predicted molar refractivity (Wildman–Crippen MR) is 349 cm³/mol. The smallest absolute Gasteiger partial charge is 0.306 e. The molecular weight excluding hydrogens is 985 g/mol. The Hall–Kier alpha value is -2.37. The van der Waals surface area contributed by atoms with Crippen LogP contribution in [0.4, 0.5) is 0 Å². The summed E-state index contributed by atoms with van der Waals surface area (Å²) in [6.45, 7) is 6.70. The molecule has 6 heteroatoms. The maximum atomic E-state index is 13.0. The molecule has 80 heavy (non-hydrogen) atoms. The second kappa shape index (κ2) is 69.1. The van der Waals surface area contributed by atoms with E-state index in [1.165, 1.54) is 289 Å². The van der Waals surface area contributed by atoms with E-state index in [0.717, 1.165) is 70.6 Å². The molecule has 0 spiro atoms. The van der Waals surface area contributed by atoms with Gasteiger partial charge in [-0.3, -0.25) is 14.4 Å². The Balaban J connectivity index is 4.24. The standard InChI is InChI=1S/C74H138O6/c1-4-7-10-13-16-19-22-25-27-29-31-33-35-37-39-40-42-44-46-49-52-55-58-61-64-67-73(76)79-70-71(69-78-72(75)66-63-60-57-54-51-48-24-21-18-15-12-9-6-3)80-74(77)68-65-62-59-56-53-50-47-45-43-41-38-36-34-32-30-28-26-23-20-17-14-11-8-5-2/h22,25,29,31,35,37,71H,4-21,23-24,26-28,30,32-34,36,38-70H2,1-3H3/b25-22-,31-29-,37-35-. The van der Waals surface area contributed by atoms with Crippen molar-refractivity contribution in [3.63, 3.8) is 0 Å². The van der Waals surface area contributed by atoms with E-state index in [1.54, 1.807) is 0 Å². The topological polar surface area (TPSA) is 78.9 Å². The van der Waals surface area contributed by atoms with Crippen molar-refractivity contribution >= 4 is 17.9 Å². The molecule has 6 nitrogen and oxygen atoms in total. The third kappa shape index (κ3) is 66.4. The normalized spacial score (nSPS) is 12.2. The lowest BCUT2D eigenvalue weighted by molar-refractivity contribution is -0.167. The molecule has 0 aliphatic heterocycles. The van der Waals surface area contributed by atoms with E-state index in [1.807, 2.05) is 0 Å². The Bertz CT molecular complexity index is 1340. The molecule has 0 aromatic rings. The van der Waals surface area contributed by atoms with Crippen LogP contribution in [0.1, 0.15) is 400 Å². The first kappa shape index (κ1) is 77.6. The molecular formula is C74H138O6. The highest BCUT2D eigenvalue weighted by atomic mass is 16.6. The van der Waals surface area contributed by atoms with E-state index in [-0.39, 0.29) is 31.1 Å². The summed E-state index contributed by atoms with van der Waals surface area (Å²) in [5, 5.41) is 0. The highest BCUT2D eigenvalue weighted by Crippen LogP contribution is 2.19. The van der Waals surface area contributed by atoms with E-state index < -0.39 is 6.10 Å². The van der Waals surface area contributed by atoms with Crippen LogP contribution < -0.4 is 0 Å². The van der Waals surface area contributed by atoms with E-state index in [0.29, 0.717) is 19.3 Å². The van der Waals surface area contributed by atoms with Crippen LogP contribution in [-0.4, -0.2) is 37.2 Å². The van der Waals surface area contributed by atoms with Gasteiger partial charge in [-0.05, 0) is 57.8 Å². The summed E-state index contributed by atoms with van der Waals surface area (Å²) in [5.74, 6) is -0.840. The number of hydrogen-bond donors (Lipinski definition) is 0. The van der Waals surface area contributed by atoms with Gasteiger partial charge in [0.25, 0.3) is 0 Å². The van der Waals surface area contributed by atoms with Gasteiger partial charge in [0.2, 0.25) is 0 Å². The Morgan fingerprint density at radius 1 is 0.250 bits per heavy atom. The summed E-state index contributed by atoms with van der Waals surface area (Å²) < 4.78 is 17.0. The van der Waals surface area contributed by atoms with Crippen molar-refractivity contribution in [1.29, 1.82) is 0 Å². The first-order valence-corrected chi connectivity index (χ1v) is 36.0. The molecule has 0 aliphatic carbocycles. The Labute approximate surface area is 499 Å². The van der Waals surface area contributed by atoms with Crippen LogP contribution in [0.25, 0.3) is 0 Å². The summed E-state index contributed by atoms with van der Waals surface area (Å²) in [6, 6.07) is 0. The van der Waals surface area contributed by atoms with Gasteiger partial charge in [0.1, 0.15) is 13.2 Å². The van der Waals surface area contributed by atoms with Gasteiger partial charge in [-0.15, -0.1) is 0 Å². The Kier molecular flexibility index (Phi) is 67.1. The maximum absolute atomic E-state index is 13.0. The molecule has 0 aromatic heterocycles. The van der Waals surface area contributed by atoms with Crippen LogP contribution >= 0.6 is 0 Å². The summed E-state index contributed by atoms with van der Waals surface area (Å²) >= 11 is 0. The highest BCUT2D eigenvalue weighted by molar-refractivity contribution is 5.71. The Morgan fingerprint density at radius 2 is 0.450 bits per heavy atom. The second-order valence-electron chi connectivity index (χ2n) is 24.5. The average Bonchev–Trinajstić information content (AvgIpc) is 3.46.